The Labute approximate surface area is 144 Å². The molecule has 25 heavy (non-hydrogen) atoms. The fraction of sp³-hybridized carbons (Fsp3) is 0.105. The fourth-order valence-corrected chi connectivity index (χ4v) is 2.88. The van der Waals surface area contributed by atoms with E-state index in [0.29, 0.717) is 12.2 Å². The number of pyridine rings is 1. The number of aryl methyl sites for hydroxylation is 1. The van der Waals surface area contributed by atoms with Crippen molar-refractivity contribution in [1.82, 2.24) is 19.9 Å². The average Bonchev–Trinajstić information content (AvgIpc) is 2.97. The highest BCUT2D eigenvalue weighted by Crippen LogP contribution is 2.20. The predicted molar refractivity (Wildman–Crippen MR) is 98.3 cm³/mol. The first-order valence-corrected chi connectivity index (χ1v) is 8.01. The maximum atomic E-state index is 12.3. The number of hydrogen-bond acceptors (Lipinski definition) is 3. The molecule has 0 aliphatic heterocycles. The van der Waals surface area contributed by atoms with E-state index in [-0.39, 0.29) is 6.03 Å². The highest BCUT2D eigenvalue weighted by molar-refractivity contribution is 5.99. The number of anilines is 1. The maximum Gasteiger partial charge on any atom is 0.319 e. The number of carbonyl (C=O) groups is 1. The molecule has 0 saturated carbocycles. The van der Waals surface area contributed by atoms with Crippen molar-refractivity contribution < 1.29 is 4.79 Å². The van der Waals surface area contributed by atoms with Crippen molar-refractivity contribution in [3.8, 4) is 0 Å². The molecule has 0 aliphatic carbocycles. The summed E-state index contributed by atoms with van der Waals surface area (Å²) in [6.07, 6.45) is 1.71. The lowest BCUT2D eigenvalue weighted by Crippen LogP contribution is -2.29. The molecule has 0 bridgehead atoms. The van der Waals surface area contributed by atoms with Crippen molar-refractivity contribution in [2.24, 2.45) is 7.05 Å². The van der Waals surface area contributed by atoms with E-state index in [2.05, 4.69) is 20.6 Å². The van der Waals surface area contributed by atoms with Gasteiger partial charge in [0, 0.05) is 18.6 Å². The molecule has 2 aromatic heterocycles. The minimum absolute atomic E-state index is 0.287. The number of fused-ring (bicyclic) bond motifs is 2. The van der Waals surface area contributed by atoms with Crippen LogP contribution in [0.1, 0.15) is 5.82 Å². The van der Waals surface area contributed by atoms with Crippen LogP contribution in [0.4, 0.5) is 10.5 Å². The number of nitrogens with one attached hydrogen (secondary N) is 2. The van der Waals surface area contributed by atoms with Gasteiger partial charge in [-0.15, -0.1) is 0 Å². The number of benzene rings is 2. The summed E-state index contributed by atoms with van der Waals surface area (Å²) in [6, 6.07) is 17.1. The Kier molecular flexibility index (Phi) is 3.78. The van der Waals surface area contributed by atoms with Crippen LogP contribution < -0.4 is 10.6 Å². The average molecular weight is 331 g/mol. The summed E-state index contributed by atoms with van der Waals surface area (Å²) in [5, 5.41) is 6.69. The minimum Gasteiger partial charge on any atom is -0.331 e. The minimum atomic E-state index is -0.287. The molecule has 0 fully saturated rings. The first-order valence-electron chi connectivity index (χ1n) is 8.01. The van der Waals surface area contributed by atoms with E-state index in [1.807, 2.05) is 66.2 Å². The molecule has 0 aliphatic rings. The molecule has 0 saturated heterocycles. The Morgan fingerprint density at radius 3 is 2.80 bits per heavy atom. The van der Waals surface area contributed by atoms with E-state index in [4.69, 9.17) is 0 Å². The molecule has 124 valence electrons. The Bertz CT molecular complexity index is 1060. The monoisotopic (exact) mass is 331 g/mol. The van der Waals surface area contributed by atoms with Gasteiger partial charge in [0.2, 0.25) is 0 Å². The first kappa shape index (κ1) is 15.1. The SMILES string of the molecule is Cn1c(CNC(=O)Nc2cccc3cccnc23)nc2ccccc21. The van der Waals surface area contributed by atoms with Gasteiger partial charge in [0.05, 0.1) is 28.8 Å². The quantitative estimate of drug-likeness (QED) is 0.604. The summed E-state index contributed by atoms with van der Waals surface area (Å²) in [6.45, 7) is 0.342. The second-order valence-electron chi connectivity index (χ2n) is 5.76. The van der Waals surface area contributed by atoms with Gasteiger partial charge >= 0.3 is 6.03 Å². The van der Waals surface area contributed by atoms with Crippen molar-refractivity contribution in [2.45, 2.75) is 6.54 Å². The molecule has 0 spiro atoms. The number of urea groups is 1. The van der Waals surface area contributed by atoms with Gasteiger partial charge in [-0.05, 0) is 24.3 Å². The van der Waals surface area contributed by atoms with Crippen LogP contribution in [0.2, 0.25) is 0 Å². The molecule has 6 heteroatoms. The maximum absolute atomic E-state index is 12.3. The fourth-order valence-electron chi connectivity index (χ4n) is 2.88. The number of aromatic nitrogens is 3. The zero-order valence-corrected chi connectivity index (χ0v) is 13.7. The summed E-state index contributed by atoms with van der Waals surface area (Å²) in [5.74, 6) is 0.799. The number of rotatable bonds is 3. The lowest BCUT2D eigenvalue weighted by Gasteiger charge is -2.09. The Balaban J connectivity index is 1.49. The van der Waals surface area contributed by atoms with E-state index in [1.165, 1.54) is 0 Å². The molecule has 2 N–H and O–H groups in total. The lowest BCUT2D eigenvalue weighted by atomic mass is 10.2. The number of nitrogens with zero attached hydrogens (tertiary/aromatic N) is 3. The topological polar surface area (TPSA) is 71.8 Å². The van der Waals surface area contributed by atoms with Crippen LogP contribution in [0.5, 0.6) is 0 Å². The number of imidazole rings is 1. The summed E-state index contributed by atoms with van der Waals surface area (Å²) in [5.41, 5.74) is 3.40. The first-order chi connectivity index (χ1) is 12.2. The zero-order chi connectivity index (χ0) is 17.2. The van der Waals surface area contributed by atoms with Crippen molar-refractivity contribution in [3.63, 3.8) is 0 Å². The molecular formula is C19H17N5O. The van der Waals surface area contributed by atoms with Crippen molar-refractivity contribution in [1.29, 1.82) is 0 Å². The molecule has 2 heterocycles. The normalized spacial score (nSPS) is 10.9. The van der Waals surface area contributed by atoms with Gasteiger partial charge in [-0.1, -0.05) is 30.3 Å². The van der Waals surface area contributed by atoms with Gasteiger partial charge in [-0.25, -0.2) is 9.78 Å². The van der Waals surface area contributed by atoms with Gasteiger partial charge in [-0.2, -0.15) is 0 Å². The molecule has 2 amide bonds. The van der Waals surface area contributed by atoms with Crippen molar-refractivity contribution >= 4 is 33.7 Å². The predicted octanol–water partition coefficient (Wildman–Crippen LogP) is 3.44. The summed E-state index contributed by atoms with van der Waals surface area (Å²) in [4.78, 5) is 21.2. The highest BCUT2D eigenvalue weighted by atomic mass is 16.2. The molecule has 4 rings (SSSR count). The van der Waals surface area contributed by atoms with Crippen LogP contribution in [-0.4, -0.2) is 20.6 Å². The molecule has 2 aromatic carbocycles. The number of carbonyl (C=O) groups excluding carboxylic acids is 1. The number of amides is 2. The van der Waals surface area contributed by atoms with Crippen molar-refractivity contribution in [2.75, 3.05) is 5.32 Å². The molecule has 4 aromatic rings. The van der Waals surface area contributed by atoms with Crippen molar-refractivity contribution in [3.05, 3.63) is 66.6 Å². The molecular weight excluding hydrogens is 314 g/mol. The second kappa shape index (κ2) is 6.24. The van der Waals surface area contributed by atoms with E-state index >= 15 is 0 Å². The van der Waals surface area contributed by atoms with Crippen LogP contribution in [0.3, 0.4) is 0 Å². The van der Waals surface area contributed by atoms with Crippen LogP contribution in [-0.2, 0) is 13.6 Å². The summed E-state index contributed by atoms with van der Waals surface area (Å²) >= 11 is 0. The van der Waals surface area contributed by atoms with Crippen LogP contribution in [0, 0.1) is 0 Å². The van der Waals surface area contributed by atoms with Gasteiger partial charge in [0.15, 0.2) is 0 Å². The van der Waals surface area contributed by atoms with Gasteiger partial charge in [0.25, 0.3) is 0 Å². The molecule has 6 nitrogen and oxygen atoms in total. The highest BCUT2D eigenvalue weighted by Gasteiger charge is 2.10. The lowest BCUT2D eigenvalue weighted by molar-refractivity contribution is 0.251. The third kappa shape index (κ3) is 2.89. The van der Waals surface area contributed by atoms with E-state index < -0.39 is 0 Å². The van der Waals surface area contributed by atoms with E-state index in [0.717, 1.165) is 27.8 Å². The standard InChI is InChI=1S/C19H17N5O/c1-24-16-10-3-2-8-14(16)22-17(24)12-21-19(25)23-15-9-4-6-13-7-5-11-20-18(13)15/h2-11H,12H2,1H3,(H2,21,23,25). The van der Waals surface area contributed by atoms with Gasteiger partial charge in [0.1, 0.15) is 5.82 Å². The largest absolute Gasteiger partial charge is 0.331 e. The van der Waals surface area contributed by atoms with Crippen LogP contribution in [0.15, 0.2) is 60.8 Å². The van der Waals surface area contributed by atoms with Gasteiger partial charge < -0.3 is 15.2 Å². The zero-order valence-electron chi connectivity index (χ0n) is 13.7. The summed E-state index contributed by atoms with van der Waals surface area (Å²) < 4.78 is 1.98. The third-order valence-corrected chi connectivity index (χ3v) is 4.17. The number of hydrogen-bond donors (Lipinski definition) is 2. The van der Waals surface area contributed by atoms with E-state index in [1.54, 1.807) is 6.20 Å². The Hall–Kier alpha value is -3.41. The summed E-state index contributed by atoms with van der Waals surface area (Å²) in [7, 11) is 1.94. The molecule has 0 unspecified atom stereocenters. The Morgan fingerprint density at radius 2 is 1.92 bits per heavy atom. The second-order valence-corrected chi connectivity index (χ2v) is 5.76. The van der Waals surface area contributed by atoms with Crippen LogP contribution >= 0.6 is 0 Å². The van der Waals surface area contributed by atoms with Gasteiger partial charge in [-0.3, -0.25) is 4.98 Å². The molecule has 0 atom stereocenters. The number of para-hydroxylation sites is 3. The smallest absolute Gasteiger partial charge is 0.319 e. The van der Waals surface area contributed by atoms with E-state index in [9.17, 15) is 4.79 Å². The third-order valence-electron chi connectivity index (χ3n) is 4.17. The molecule has 0 radical (unpaired) electrons. The Morgan fingerprint density at radius 1 is 1.08 bits per heavy atom. The van der Waals surface area contributed by atoms with Crippen LogP contribution in [0.25, 0.3) is 21.9 Å².